The Morgan fingerprint density at radius 3 is 3.05 bits per heavy atom. The molecule has 0 bridgehead atoms. The van der Waals surface area contributed by atoms with Gasteiger partial charge in [0.25, 0.3) is 5.56 Å². The predicted molar refractivity (Wildman–Crippen MR) is 81.2 cm³/mol. The Kier molecular flexibility index (Phi) is 3.04. The van der Waals surface area contributed by atoms with Gasteiger partial charge in [0.05, 0.1) is 11.3 Å². The first-order valence-electron chi connectivity index (χ1n) is 7.23. The second-order valence-electron chi connectivity index (χ2n) is 5.78. The van der Waals surface area contributed by atoms with E-state index in [1.807, 2.05) is 6.20 Å². The molecule has 1 aliphatic heterocycles. The number of fused-ring (bicyclic) bond motifs is 1. The molecule has 0 saturated heterocycles. The topological polar surface area (TPSA) is 87.9 Å². The molecule has 110 valence electrons. The normalized spacial score (nSPS) is 18.7. The molecule has 0 radical (unpaired) electrons. The molecular weight excluding hydrogens is 286 g/mol. The number of anilines is 1. The second-order valence-corrected chi connectivity index (χ2v) is 6.92. The minimum Gasteiger partial charge on any atom is -0.375 e. The van der Waals surface area contributed by atoms with Crippen molar-refractivity contribution in [2.24, 2.45) is 0 Å². The molecule has 0 amide bonds. The van der Waals surface area contributed by atoms with Crippen molar-refractivity contribution in [2.75, 3.05) is 12.3 Å². The van der Waals surface area contributed by atoms with Gasteiger partial charge in [0.15, 0.2) is 5.13 Å². The van der Waals surface area contributed by atoms with E-state index in [2.05, 4.69) is 19.9 Å². The number of hydrogen-bond acceptors (Lipinski definition) is 6. The summed E-state index contributed by atoms with van der Waals surface area (Å²) in [4.78, 5) is 27.4. The molecule has 0 unspecified atom stereocenters. The van der Waals surface area contributed by atoms with E-state index in [1.165, 1.54) is 11.3 Å². The van der Waals surface area contributed by atoms with Crippen molar-refractivity contribution < 1.29 is 0 Å². The van der Waals surface area contributed by atoms with Gasteiger partial charge in [-0.05, 0) is 12.8 Å². The van der Waals surface area contributed by atoms with Crippen LogP contribution in [0.5, 0.6) is 0 Å². The summed E-state index contributed by atoms with van der Waals surface area (Å²) in [6.45, 7) is 2.36. The zero-order valence-electron chi connectivity index (χ0n) is 11.6. The summed E-state index contributed by atoms with van der Waals surface area (Å²) in [6.07, 6.45) is 4.96. The summed E-state index contributed by atoms with van der Waals surface area (Å²) in [5, 5.41) is 0.594. The minimum atomic E-state index is 0.0374. The zero-order chi connectivity index (χ0) is 14.4. The average molecular weight is 303 g/mol. The summed E-state index contributed by atoms with van der Waals surface area (Å²) in [6, 6.07) is 0. The molecule has 4 rings (SSSR count). The molecule has 3 N–H and O–H groups in total. The molecule has 3 heterocycles. The number of nitrogens with two attached hydrogens (primary N) is 1. The molecular formula is C14H17N5OS. The number of nitrogen functional groups attached to an aromatic ring is 1. The minimum absolute atomic E-state index is 0.0374. The van der Waals surface area contributed by atoms with Gasteiger partial charge in [-0.1, -0.05) is 0 Å². The molecule has 2 aromatic heterocycles. The lowest BCUT2D eigenvalue weighted by atomic mass is 10.1. The first-order valence-corrected chi connectivity index (χ1v) is 8.05. The lowest BCUT2D eigenvalue weighted by molar-refractivity contribution is 0.243. The largest absolute Gasteiger partial charge is 0.375 e. The van der Waals surface area contributed by atoms with Gasteiger partial charge in [-0.3, -0.25) is 9.69 Å². The van der Waals surface area contributed by atoms with Crippen molar-refractivity contribution >= 4 is 16.5 Å². The molecule has 0 spiro atoms. The maximum atomic E-state index is 12.3. The van der Waals surface area contributed by atoms with Crippen LogP contribution in [-0.2, 0) is 19.5 Å². The van der Waals surface area contributed by atoms with Gasteiger partial charge in [0.1, 0.15) is 5.82 Å². The number of nitrogens with zero attached hydrogens (tertiary/aromatic N) is 3. The first kappa shape index (κ1) is 13.0. The third-order valence-corrected chi connectivity index (χ3v) is 4.89. The van der Waals surface area contributed by atoms with Gasteiger partial charge in [-0.15, -0.1) is 11.3 Å². The van der Waals surface area contributed by atoms with E-state index in [4.69, 9.17) is 5.73 Å². The quantitative estimate of drug-likeness (QED) is 0.891. The Hall–Kier alpha value is -1.73. The van der Waals surface area contributed by atoms with Crippen molar-refractivity contribution in [1.29, 1.82) is 0 Å². The molecule has 1 fully saturated rings. The third kappa shape index (κ3) is 2.58. The van der Waals surface area contributed by atoms with E-state index in [0.717, 1.165) is 54.3 Å². The monoisotopic (exact) mass is 303 g/mol. The summed E-state index contributed by atoms with van der Waals surface area (Å²) in [7, 11) is 0. The van der Waals surface area contributed by atoms with E-state index in [1.54, 1.807) is 0 Å². The van der Waals surface area contributed by atoms with Crippen LogP contribution in [-0.4, -0.2) is 26.4 Å². The number of H-pyrrole nitrogens is 1. The molecule has 1 aliphatic carbocycles. The lowest BCUT2D eigenvalue weighted by Crippen LogP contribution is -2.35. The summed E-state index contributed by atoms with van der Waals surface area (Å²) in [5.41, 5.74) is 7.51. The van der Waals surface area contributed by atoms with Crippen molar-refractivity contribution in [1.82, 2.24) is 19.9 Å². The standard InChI is InChI=1S/C14H17N5OS/c15-14-16-5-9(21-14)6-19-4-3-11-10(7-19)13(20)18-12(17-11)8-1-2-8/h5,8H,1-4,6-7H2,(H2,15,16)(H,17,18,20). The van der Waals surface area contributed by atoms with E-state index in [0.29, 0.717) is 17.6 Å². The Labute approximate surface area is 126 Å². The summed E-state index contributed by atoms with van der Waals surface area (Å²) >= 11 is 1.50. The Morgan fingerprint density at radius 2 is 2.33 bits per heavy atom. The molecule has 0 atom stereocenters. The molecule has 7 heteroatoms. The van der Waals surface area contributed by atoms with Crippen LogP contribution in [0.4, 0.5) is 5.13 Å². The fourth-order valence-electron chi connectivity index (χ4n) is 2.80. The highest BCUT2D eigenvalue weighted by atomic mass is 32.1. The Morgan fingerprint density at radius 1 is 1.48 bits per heavy atom. The fraction of sp³-hybridized carbons (Fsp3) is 0.500. The average Bonchev–Trinajstić information content (AvgIpc) is 3.24. The van der Waals surface area contributed by atoms with Crippen LogP contribution in [0.25, 0.3) is 0 Å². The molecule has 2 aromatic rings. The maximum Gasteiger partial charge on any atom is 0.255 e. The van der Waals surface area contributed by atoms with Crippen LogP contribution in [0.1, 0.15) is 40.7 Å². The molecule has 6 nitrogen and oxygen atoms in total. The van der Waals surface area contributed by atoms with Crippen LogP contribution in [0, 0.1) is 0 Å². The predicted octanol–water partition coefficient (Wildman–Crippen LogP) is 1.24. The van der Waals surface area contributed by atoms with Crippen LogP contribution < -0.4 is 11.3 Å². The van der Waals surface area contributed by atoms with Crippen molar-refractivity contribution in [3.63, 3.8) is 0 Å². The van der Waals surface area contributed by atoms with E-state index in [9.17, 15) is 4.79 Å². The van der Waals surface area contributed by atoms with Gasteiger partial charge in [0, 0.05) is 43.0 Å². The van der Waals surface area contributed by atoms with Crippen LogP contribution in [0.3, 0.4) is 0 Å². The van der Waals surface area contributed by atoms with Gasteiger partial charge >= 0.3 is 0 Å². The summed E-state index contributed by atoms with van der Waals surface area (Å²) in [5.74, 6) is 1.38. The number of aromatic amines is 1. The van der Waals surface area contributed by atoms with Gasteiger partial charge in [-0.2, -0.15) is 0 Å². The SMILES string of the molecule is Nc1ncc(CN2CCc3nc(C4CC4)[nH]c(=O)c3C2)s1. The van der Waals surface area contributed by atoms with E-state index in [-0.39, 0.29) is 5.56 Å². The number of rotatable bonds is 3. The second kappa shape index (κ2) is 4.92. The highest BCUT2D eigenvalue weighted by Gasteiger charge is 2.29. The first-order chi connectivity index (χ1) is 10.2. The number of aromatic nitrogens is 3. The van der Waals surface area contributed by atoms with Crippen molar-refractivity contribution in [3.05, 3.63) is 38.5 Å². The molecule has 2 aliphatic rings. The molecule has 0 aromatic carbocycles. The fourth-order valence-corrected chi connectivity index (χ4v) is 3.53. The van der Waals surface area contributed by atoms with Gasteiger partial charge in [-0.25, -0.2) is 9.97 Å². The molecule has 21 heavy (non-hydrogen) atoms. The Bertz CT molecular complexity index is 733. The van der Waals surface area contributed by atoms with E-state index < -0.39 is 0 Å². The number of nitrogens with one attached hydrogen (secondary N) is 1. The number of hydrogen-bond donors (Lipinski definition) is 2. The van der Waals surface area contributed by atoms with Crippen molar-refractivity contribution in [3.8, 4) is 0 Å². The van der Waals surface area contributed by atoms with Gasteiger partial charge < -0.3 is 10.7 Å². The Balaban J connectivity index is 1.55. The van der Waals surface area contributed by atoms with Crippen molar-refractivity contribution in [2.45, 2.75) is 38.3 Å². The zero-order valence-corrected chi connectivity index (χ0v) is 12.4. The number of thiazole rings is 1. The molecule has 1 saturated carbocycles. The van der Waals surface area contributed by atoms with Crippen LogP contribution >= 0.6 is 11.3 Å². The maximum absolute atomic E-state index is 12.3. The highest BCUT2D eigenvalue weighted by molar-refractivity contribution is 7.15. The van der Waals surface area contributed by atoms with Crippen LogP contribution in [0.15, 0.2) is 11.0 Å². The lowest BCUT2D eigenvalue weighted by Gasteiger charge is -2.27. The summed E-state index contributed by atoms with van der Waals surface area (Å²) < 4.78 is 0. The van der Waals surface area contributed by atoms with E-state index >= 15 is 0 Å². The third-order valence-electron chi connectivity index (χ3n) is 4.08. The van der Waals surface area contributed by atoms with Gasteiger partial charge in [0.2, 0.25) is 0 Å². The highest BCUT2D eigenvalue weighted by Crippen LogP contribution is 2.37. The van der Waals surface area contributed by atoms with Crippen LogP contribution in [0.2, 0.25) is 0 Å². The smallest absolute Gasteiger partial charge is 0.255 e.